The predicted molar refractivity (Wildman–Crippen MR) is 96.1 cm³/mol. The van der Waals surface area contributed by atoms with Gasteiger partial charge in [-0.05, 0) is 62.2 Å². The average molecular weight is 319 g/mol. The van der Waals surface area contributed by atoms with Crippen LogP contribution in [0.2, 0.25) is 0 Å². The van der Waals surface area contributed by atoms with Crippen molar-refractivity contribution < 1.29 is 9.53 Å². The first-order valence-electron chi connectivity index (χ1n) is 9.63. The van der Waals surface area contributed by atoms with Crippen LogP contribution in [0.4, 0.5) is 0 Å². The Hall–Kier alpha value is -1.05. The van der Waals surface area contributed by atoms with Crippen LogP contribution < -0.4 is 0 Å². The maximum Gasteiger partial charge on any atom is 0.305 e. The van der Waals surface area contributed by atoms with Crippen LogP contribution in [0.3, 0.4) is 0 Å². The second-order valence-corrected chi connectivity index (χ2v) is 7.34. The van der Waals surface area contributed by atoms with E-state index >= 15 is 0 Å². The topological polar surface area (TPSA) is 26.3 Å². The van der Waals surface area contributed by atoms with Crippen LogP contribution in [-0.2, 0) is 9.53 Å². The highest BCUT2D eigenvalue weighted by Gasteiger charge is 2.41. The Balaban J connectivity index is 1.79. The fourth-order valence-corrected chi connectivity index (χ4v) is 4.60. The number of unbranched alkanes of at least 4 members (excludes halogenated alkanes) is 2. The third-order valence-electron chi connectivity index (χ3n) is 5.86. The van der Waals surface area contributed by atoms with Crippen LogP contribution in [0.25, 0.3) is 0 Å². The summed E-state index contributed by atoms with van der Waals surface area (Å²) in [5.74, 6) is 3.59. The van der Waals surface area contributed by atoms with Crippen LogP contribution in [0.5, 0.6) is 0 Å². The number of carbonyl (C=O) groups excluding carboxylic acids is 1. The van der Waals surface area contributed by atoms with Crippen molar-refractivity contribution in [3.05, 3.63) is 24.3 Å². The van der Waals surface area contributed by atoms with Crippen molar-refractivity contribution in [3.8, 4) is 0 Å². The lowest BCUT2D eigenvalue weighted by atomic mass is 9.78. The number of ether oxygens (including phenoxy) is 1. The number of hydrogen-bond acceptors (Lipinski definition) is 2. The minimum atomic E-state index is -0.0920. The van der Waals surface area contributed by atoms with Crippen molar-refractivity contribution in [3.63, 3.8) is 0 Å². The number of esters is 1. The minimum Gasteiger partial charge on any atom is -0.469 e. The number of rotatable bonds is 9. The molecular weight excluding hydrogens is 284 g/mol. The molecule has 0 heterocycles. The Morgan fingerprint density at radius 3 is 2.83 bits per heavy atom. The zero-order valence-corrected chi connectivity index (χ0v) is 15.0. The second-order valence-electron chi connectivity index (χ2n) is 7.34. The van der Waals surface area contributed by atoms with Gasteiger partial charge in [-0.25, -0.2) is 0 Å². The highest BCUT2D eigenvalue weighted by molar-refractivity contribution is 5.69. The number of methoxy groups -OCH3 is 1. The van der Waals surface area contributed by atoms with Crippen molar-refractivity contribution in [1.29, 1.82) is 0 Å². The highest BCUT2D eigenvalue weighted by atomic mass is 16.5. The van der Waals surface area contributed by atoms with Crippen LogP contribution >= 0.6 is 0 Å². The summed E-state index contributed by atoms with van der Waals surface area (Å²) in [7, 11) is 1.46. The molecule has 1 fully saturated rings. The lowest BCUT2D eigenvalue weighted by molar-refractivity contribution is -0.140. The van der Waals surface area contributed by atoms with Crippen LogP contribution in [0.15, 0.2) is 24.3 Å². The lowest BCUT2D eigenvalue weighted by Gasteiger charge is -2.27. The lowest BCUT2D eigenvalue weighted by Crippen LogP contribution is -2.18. The first-order valence-corrected chi connectivity index (χ1v) is 9.63. The molecule has 130 valence electrons. The summed E-state index contributed by atoms with van der Waals surface area (Å²) >= 11 is 0. The quantitative estimate of drug-likeness (QED) is 0.310. The van der Waals surface area contributed by atoms with E-state index in [1.807, 2.05) is 0 Å². The predicted octanol–water partition coefficient (Wildman–Crippen LogP) is 5.68. The van der Waals surface area contributed by atoms with Gasteiger partial charge in [-0.3, -0.25) is 4.79 Å². The molecule has 0 spiro atoms. The molecule has 0 saturated heterocycles. The van der Waals surface area contributed by atoms with E-state index in [1.54, 1.807) is 0 Å². The molecule has 0 aromatic rings. The van der Waals surface area contributed by atoms with E-state index in [0.717, 1.165) is 36.5 Å². The minimum absolute atomic E-state index is 0.0920. The first kappa shape index (κ1) is 18.3. The van der Waals surface area contributed by atoms with Gasteiger partial charge in [-0.15, -0.1) is 0 Å². The van der Waals surface area contributed by atoms with Crippen LogP contribution in [-0.4, -0.2) is 13.1 Å². The Morgan fingerprint density at radius 1 is 1.22 bits per heavy atom. The summed E-state index contributed by atoms with van der Waals surface area (Å²) in [6, 6.07) is 0. The van der Waals surface area contributed by atoms with Gasteiger partial charge in [0.1, 0.15) is 0 Å². The smallest absolute Gasteiger partial charge is 0.305 e. The molecule has 0 aromatic carbocycles. The largest absolute Gasteiger partial charge is 0.469 e. The van der Waals surface area contributed by atoms with Crippen molar-refractivity contribution in [2.45, 2.75) is 71.1 Å². The fourth-order valence-electron chi connectivity index (χ4n) is 4.60. The molecule has 2 aliphatic rings. The van der Waals surface area contributed by atoms with Crippen LogP contribution in [0.1, 0.15) is 71.1 Å². The molecular formula is C21H34O2. The molecule has 0 aromatic heterocycles. The summed E-state index contributed by atoms with van der Waals surface area (Å²) in [5, 5.41) is 0. The zero-order chi connectivity index (χ0) is 16.5. The molecule has 0 amide bonds. The second kappa shape index (κ2) is 9.95. The normalized spacial score (nSPS) is 29.8. The van der Waals surface area contributed by atoms with Gasteiger partial charge in [-0.1, -0.05) is 50.5 Å². The molecule has 23 heavy (non-hydrogen) atoms. The van der Waals surface area contributed by atoms with Crippen molar-refractivity contribution >= 4 is 5.97 Å². The van der Waals surface area contributed by atoms with Gasteiger partial charge in [0.25, 0.3) is 0 Å². The molecule has 0 aliphatic heterocycles. The van der Waals surface area contributed by atoms with E-state index in [9.17, 15) is 4.79 Å². The maximum absolute atomic E-state index is 11.1. The average Bonchev–Trinajstić information content (AvgIpc) is 2.93. The molecule has 4 atom stereocenters. The van der Waals surface area contributed by atoms with E-state index in [1.165, 1.54) is 52.1 Å². The summed E-state index contributed by atoms with van der Waals surface area (Å²) in [6.45, 7) is 2.31. The number of hydrogen-bond donors (Lipinski definition) is 0. The monoisotopic (exact) mass is 318 g/mol. The van der Waals surface area contributed by atoms with Crippen molar-refractivity contribution in [1.82, 2.24) is 0 Å². The number of carbonyl (C=O) groups is 1. The summed E-state index contributed by atoms with van der Waals surface area (Å²) < 4.78 is 4.68. The molecule has 2 nitrogen and oxygen atoms in total. The SMILES string of the molecule is CCCC[C@@H]1C[C@@H]2CC=CC[C@@H]2[C@H]1C/C=C/CCCC(=O)OC. The maximum atomic E-state index is 11.1. The summed E-state index contributed by atoms with van der Waals surface area (Å²) in [6.07, 6.45) is 21.4. The van der Waals surface area contributed by atoms with Gasteiger partial charge < -0.3 is 4.74 Å². The van der Waals surface area contributed by atoms with Gasteiger partial charge in [0.15, 0.2) is 0 Å². The first-order chi connectivity index (χ1) is 11.3. The third kappa shape index (κ3) is 5.51. The third-order valence-corrected chi connectivity index (χ3v) is 5.86. The number of allylic oxidation sites excluding steroid dienone is 4. The molecule has 2 rings (SSSR count). The van der Waals surface area contributed by atoms with Gasteiger partial charge in [0.2, 0.25) is 0 Å². The van der Waals surface area contributed by atoms with Gasteiger partial charge in [0, 0.05) is 6.42 Å². The fraction of sp³-hybridized carbons (Fsp3) is 0.762. The standard InChI is InChI=1S/C21H34O2/c1-3-4-11-17-16-18-12-9-10-14-20(18)19(17)13-7-5-6-8-15-21(22)23-2/h5,7,9-10,17-20H,3-4,6,8,11-16H2,1-2H3/b7-5+/t17-,18+,19+,20+/m1/s1. The summed E-state index contributed by atoms with van der Waals surface area (Å²) in [4.78, 5) is 11.1. The van der Waals surface area contributed by atoms with E-state index in [4.69, 9.17) is 0 Å². The molecule has 0 unspecified atom stereocenters. The molecule has 1 saturated carbocycles. The molecule has 0 bridgehead atoms. The van der Waals surface area contributed by atoms with Crippen molar-refractivity contribution in [2.24, 2.45) is 23.7 Å². The zero-order valence-electron chi connectivity index (χ0n) is 15.0. The Kier molecular flexibility index (Phi) is 7.91. The molecule has 0 N–H and O–H groups in total. The highest BCUT2D eigenvalue weighted by Crippen LogP contribution is 2.50. The van der Waals surface area contributed by atoms with Gasteiger partial charge >= 0.3 is 5.97 Å². The Labute approximate surface area is 142 Å². The van der Waals surface area contributed by atoms with Crippen LogP contribution in [0, 0.1) is 23.7 Å². The molecule has 2 aliphatic carbocycles. The van der Waals surface area contributed by atoms with E-state index in [0.29, 0.717) is 6.42 Å². The van der Waals surface area contributed by atoms with Gasteiger partial charge in [-0.2, -0.15) is 0 Å². The Bertz CT molecular complexity index is 410. The van der Waals surface area contributed by atoms with Gasteiger partial charge in [0.05, 0.1) is 7.11 Å². The van der Waals surface area contributed by atoms with E-state index in [2.05, 4.69) is 36.0 Å². The Morgan fingerprint density at radius 2 is 2.04 bits per heavy atom. The molecule has 0 radical (unpaired) electrons. The van der Waals surface area contributed by atoms with E-state index in [-0.39, 0.29) is 5.97 Å². The number of fused-ring (bicyclic) bond motifs is 1. The molecule has 2 heteroatoms. The van der Waals surface area contributed by atoms with Crippen molar-refractivity contribution in [2.75, 3.05) is 7.11 Å². The summed E-state index contributed by atoms with van der Waals surface area (Å²) in [5.41, 5.74) is 0. The van der Waals surface area contributed by atoms with E-state index < -0.39 is 0 Å².